The van der Waals surface area contributed by atoms with Crippen LogP contribution in [-0.4, -0.2) is 9.79 Å². The van der Waals surface area contributed by atoms with Gasteiger partial charge in [0.1, 0.15) is 0 Å². The molecule has 0 atom stereocenters. The number of hydrogen-bond acceptors (Lipinski definition) is 1. The molecule has 0 saturated carbocycles. The lowest BCUT2D eigenvalue weighted by molar-refractivity contribution is 0.0564. The standard InChI is InChI=1S/C11H13F2O3P/c1-2-3-5-9-6-4-7-10(8-9)11(12,13)17(14,15)16/h3-8H,2H2,1H3,(H2,14,15,16)/b5-3-. The van der Waals surface area contributed by atoms with E-state index in [-0.39, 0.29) is 0 Å². The van der Waals surface area contributed by atoms with E-state index in [2.05, 4.69) is 0 Å². The Morgan fingerprint density at radius 1 is 1.41 bits per heavy atom. The van der Waals surface area contributed by atoms with Crippen molar-refractivity contribution in [3.8, 4) is 0 Å². The summed E-state index contributed by atoms with van der Waals surface area (Å²) in [6, 6.07) is 5.01. The van der Waals surface area contributed by atoms with Crippen LogP contribution in [0, 0.1) is 0 Å². The van der Waals surface area contributed by atoms with Crippen molar-refractivity contribution in [2.45, 2.75) is 19.0 Å². The molecule has 0 bridgehead atoms. The number of hydrogen-bond donors (Lipinski definition) is 2. The molecule has 0 unspecified atom stereocenters. The lowest BCUT2D eigenvalue weighted by atomic mass is 10.1. The number of benzene rings is 1. The molecule has 0 aliphatic carbocycles. The van der Waals surface area contributed by atoms with Gasteiger partial charge in [0.25, 0.3) is 0 Å². The van der Waals surface area contributed by atoms with Crippen molar-refractivity contribution in [1.82, 2.24) is 0 Å². The van der Waals surface area contributed by atoms with Crippen LogP contribution in [0.4, 0.5) is 8.78 Å². The van der Waals surface area contributed by atoms with Crippen molar-refractivity contribution in [3.63, 3.8) is 0 Å². The van der Waals surface area contributed by atoms with Crippen molar-refractivity contribution in [3.05, 3.63) is 41.5 Å². The molecule has 0 saturated heterocycles. The third-order valence-corrected chi connectivity index (χ3v) is 3.14. The van der Waals surface area contributed by atoms with Gasteiger partial charge in [0, 0.05) is 5.56 Å². The van der Waals surface area contributed by atoms with Crippen molar-refractivity contribution >= 4 is 13.7 Å². The molecule has 0 aromatic heterocycles. The van der Waals surface area contributed by atoms with Crippen molar-refractivity contribution < 1.29 is 23.1 Å². The van der Waals surface area contributed by atoms with E-state index in [4.69, 9.17) is 9.79 Å². The van der Waals surface area contributed by atoms with E-state index >= 15 is 0 Å². The first kappa shape index (κ1) is 14.0. The molecule has 94 valence electrons. The zero-order valence-corrected chi connectivity index (χ0v) is 10.1. The van der Waals surface area contributed by atoms with E-state index in [0.29, 0.717) is 5.56 Å². The van der Waals surface area contributed by atoms with Crippen LogP contribution < -0.4 is 0 Å². The molecule has 1 rings (SSSR count). The smallest absolute Gasteiger partial charge is 0.320 e. The van der Waals surface area contributed by atoms with Crippen molar-refractivity contribution in [2.75, 3.05) is 0 Å². The average Bonchev–Trinajstić information content (AvgIpc) is 2.25. The second-order valence-electron chi connectivity index (χ2n) is 3.52. The highest BCUT2D eigenvalue weighted by molar-refractivity contribution is 7.52. The van der Waals surface area contributed by atoms with E-state index in [0.717, 1.165) is 18.6 Å². The Morgan fingerprint density at radius 2 is 2.06 bits per heavy atom. The predicted molar refractivity (Wildman–Crippen MR) is 61.7 cm³/mol. The average molecular weight is 262 g/mol. The van der Waals surface area contributed by atoms with Crippen LogP contribution in [0.2, 0.25) is 0 Å². The number of rotatable bonds is 4. The number of allylic oxidation sites excluding steroid dienone is 1. The second kappa shape index (κ2) is 5.08. The maximum atomic E-state index is 13.4. The Morgan fingerprint density at radius 3 is 2.59 bits per heavy atom. The summed E-state index contributed by atoms with van der Waals surface area (Å²) in [4.78, 5) is 17.2. The third kappa shape index (κ3) is 3.22. The summed E-state index contributed by atoms with van der Waals surface area (Å²) >= 11 is 0. The van der Waals surface area contributed by atoms with Gasteiger partial charge in [-0.15, -0.1) is 0 Å². The summed E-state index contributed by atoms with van der Waals surface area (Å²) in [5, 5.41) is 0. The van der Waals surface area contributed by atoms with Gasteiger partial charge < -0.3 is 9.79 Å². The van der Waals surface area contributed by atoms with Gasteiger partial charge in [-0.3, -0.25) is 4.57 Å². The summed E-state index contributed by atoms with van der Waals surface area (Å²) in [7, 11) is -5.49. The fourth-order valence-electron chi connectivity index (χ4n) is 1.25. The molecule has 0 fully saturated rings. The monoisotopic (exact) mass is 262 g/mol. The first-order valence-corrected chi connectivity index (χ1v) is 6.61. The molecule has 0 aliphatic heterocycles. The summed E-state index contributed by atoms with van der Waals surface area (Å²) in [6.07, 6.45) is 4.15. The highest BCUT2D eigenvalue weighted by Gasteiger charge is 2.50. The topological polar surface area (TPSA) is 57.5 Å². The first-order chi connectivity index (χ1) is 7.79. The summed E-state index contributed by atoms with van der Waals surface area (Å²) < 4.78 is 37.5. The minimum atomic E-state index is -5.49. The molecule has 0 aliphatic rings. The highest BCUT2D eigenvalue weighted by Crippen LogP contribution is 2.59. The minimum Gasteiger partial charge on any atom is -0.320 e. The fraction of sp³-hybridized carbons (Fsp3) is 0.273. The van der Waals surface area contributed by atoms with Crippen molar-refractivity contribution in [2.24, 2.45) is 0 Å². The molecule has 3 nitrogen and oxygen atoms in total. The van der Waals surface area contributed by atoms with Gasteiger partial charge in [-0.25, -0.2) is 0 Å². The Labute approximate surface area is 97.9 Å². The molecule has 6 heteroatoms. The Kier molecular flexibility index (Phi) is 4.20. The quantitative estimate of drug-likeness (QED) is 0.818. The molecule has 2 N–H and O–H groups in total. The zero-order valence-electron chi connectivity index (χ0n) is 9.18. The van der Waals surface area contributed by atoms with E-state index < -0.39 is 18.8 Å². The van der Waals surface area contributed by atoms with Crippen LogP contribution in [-0.2, 0) is 10.2 Å². The Bertz CT molecular complexity index is 466. The maximum Gasteiger partial charge on any atom is 0.399 e. The molecule has 0 spiro atoms. The van der Waals surface area contributed by atoms with Crippen LogP contribution >= 0.6 is 7.60 Å². The van der Waals surface area contributed by atoms with Crippen LogP contribution in [0.5, 0.6) is 0 Å². The maximum absolute atomic E-state index is 13.4. The van der Waals surface area contributed by atoms with Gasteiger partial charge >= 0.3 is 13.3 Å². The van der Waals surface area contributed by atoms with Gasteiger partial charge in [-0.05, 0) is 18.1 Å². The second-order valence-corrected chi connectivity index (χ2v) is 5.17. The SMILES string of the molecule is CC/C=C\c1cccc(C(F)(F)P(=O)(O)O)c1. The summed E-state index contributed by atoms with van der Waals surface area (Å²) in [5.41, 5.74) is -4.34. The minimum absolute atomic E-state index is 0.484. The van der Waals surface area contributed by atoms with Crippen molar-refractivity contribution in [1.29, 1.82) is 0 Å². The molecule has 1 aromatic rings. The summed E-state index contributed by atoms with van der Waals surface area (Å²) in [5.74, 6) is 0. The van der Waals surface area contributed by atoms with Crippen LogP contribution in [0.25, 0.3) is 6.08 Å². The largest absolute Gasteiger partial charge is 0.399 e. The van der Waals surface area contributed by atoms with Crippen LogP contribution in [0.1, 0.15) is 24.5 Å². The van der Waals surface area contributed by atoms with Gasteiger partial charge in [0.2, 0.25) is 0 Å². The van der Waals surface area contributed by atoms with Gasteiger partial charge in [-0.1, -0.05) is 37.3 Å². The zero-order chi connectivity index (χ0) is 13.1. The lowest BCUT2D eigenvalue weighted by Gasteiger charge is -2.18. The normalized spacial score (nSPS) is 13.2. The molecule has 0 heterocycles. The lowest BCUT2D eigenvalue weighted by Crippen LogP contribution is -2.13. The van der Waals surface area contributed by atoms with Gasteiger partial charge in [0.15, 0.2) is 0 Å². The fourth-order valence-corrected chi connectivity index (χ4v) is 1.73. The first-order valence-electron chi connectivity index (χ1n) is 4.99. The number of alkyl halides is 2. The predicted octanol–water partition coefficient (Wildman–Crippen LogP) is 3.34. The van der Waals surface area contributed by atoms with E-state index in [1.54, 1.807) is 18.2 Å². The van der Waals surface area contributed by atoms with Gasteiger partial charge in [0.05, 0.1) is 0 Å². The molecule has 0 radical (unpaired) electrons. The van der Waals surface area contributed by atoms with E-state index in [1.165, 1.54) is 6.07 Å². The Balaban J connectivity index is 3.16. The van der Waals surface area contributed by atoms with Gasteiger partial charge in [-0.2, -0.15) is 8.78 Å². The highest BCUT2D eigenvalue weighted by atomic mass is 31.2. The van der Waals surface area contributed by atoms with E-state index in [9.17, 15) is 13.3 Å². The molecule has 1 aromatic carbocycles. The molecular weight excluding hydrogens is 249 g/mol. The molecule has 0 amide bonds. The van der Waals surface area contributed by atoms with Crippen LogP contribution in [0.15, 0.2) is 30.3 Å². The van der Waals surface area contributed by atoms with E-state index in [1.807, 2.05) is 6.92 Å². The number of halogens is 2. The van der Waals surface area contributed by atoms with Crippen LogP contribution in [0.3, 0.4) is 0 Å². The summed E-state index contributed by atoms with van der Waals surface area (Å²) in [6.45, 7) is 1.89. The molecular formula is C11H13F2O3P. The Hall–Kier alpha value is -1.03. The molecule has 17 heavy (non-hydrogen) atoms. The third-order valence-electron chi connectivity index (χ3n) is 2.15.